The summed E-state index contributed by atoms with van der Waals surface area (Å²) in [5, 5.41) is 0. The second-order valence-electron chi connectivity index (χ2n) is 6.80. The van der Waals surface area contributed by atoms with Gasteiger partial charge in [-0.2, -0.15) is 0 Å². The van der Waals surface area contributed by atoms with Crippen LogP contribution in [0.2, 0.25) is 0 Å². The molecule has 1 aromatic carbocycles. The van der Waals surface area contributed by atoms with E-state index in [4.69, 9.17) is 0 Å². The summed E-state index contributed by atoms with van der Waals surface area (Å²) in [5.41, 5.74) is 2.24. The molecular formula is C19H27N3O2. The van der Waals surface area contributed by atoms with Crippen molar-refractivity contribution in [3.8, 4) is 0 Å². The number of nitrogens with zero attached hydrogens (tertiary/aromatic N) is 3. The average molecular weight is 329 g/mol. The predicted molar refractivity (Wildman–Crippen MR) is 93.7 cm³/mol. The van der Waals surface area contributed by atoms with Gasteiger partial charge in [-0.3, -0.25) is 14.5 Å². The highest BCUT2D eigenvalue weighted by Crippen LogP contribution is 2.18. The Labute approximate surface area is 144 Å². The zero-order chi connectivity index (χ0) is 17.1. The summed E-state index contributed by atoms with van der Waals surface area (Å²) in [7, 11) is 0. The van der Waals surface area contributed by atoms with E-state index in [-0.39, 0.29) is 17.9 Å². The van der Waals surface area contributed by atoms with Crippen molar-refractivity contribution >= 4 is 11.8 Å². The topological polar surface area (TPSA) is 43.9 Å². The zero-order valence-corrected chi connectivity index (χ0v) is 14.7. The van der Waals surface area contributed by atoms with Crippen LogP contribution in [-0.2, 0) is 16.0 Å². The summed E-state index contributed by atoms with van der Waals surface area (Å²) >= 11 is 0. The van der Waals surface area contributed by atoms with Crippen LogP contribution in [0.1, 0.15) is 24.5 Å². The Morgan fingerprint density at radius 2 is 1.96 bits per heavy atom. The normalized spacial score (nSPS) is 22.2. The van der Waals surface area contributed by atoms with Crippen LogP contribution in [0, 0.1) is 6.92 Å². The maximum atomic E-state index is 12.7. The molecule has 2 amide bonds. The standard InChI is InChI=1S/C19H27N3O2/c1-3-20-9-10-21-11-12-22(8-7-17(21)19(20)24)18(23)14-16-6-4-5-15(2)13-16/h4-6,13,17H,3,7-12,14H2,1-2H3. The van der Waals surface area contributed by atoms with Gasteiger partial charge in [0.05, 0.1) is 12.5 Å². The fourth-order valence-electron chi connectivity index (χ4n) is 3.77. The van der Waals surface area contributed by atoms with E-state index in [9.17, 15) is 9.59 Å². The minimum Gasteiger partial charge on any atom is -0.341 e. The molecule has 1 aromatic rings. The van der Waals surface area contributed by atoms with Gasteiger partial charge in [0.1, 0.15) is 0 Å². The Balaban J connectivity index is 1.63. The third-order valence-electron chi connectivity index (χ3n) is 5.20. The van der Waals surface area contributed by atoms with Gasteiger partial charge in [-0.05, 0) is 25.8 Å². The quantitative estimate of drug-likeness (QED) is 0.840. The molecule has 0 radical (unpaired) electrons. The van der Waals surface area contributed by atoms with Crippen molar-refractivity contribution in [2.45, 2.75) is 32.7 Å². The molecule has 2 saturated heterocycles. The SMILES string of the molecule is CCN1CCN2CCN(C(=O)Cc3cccc(C)c3)CCC2C1=O. The van der Waals surface area contributed by atoms with Crippen molar-refractivity contribution < 1.29 is 9.59 Å². The highest BCUT2D eigenvalue weighted by atomic mass is 16.2. The molecular weight excluding hydrogens is 302 g/mol. The van der Waals surface area contributed by atoms with E-state index in [0.717, 1.165) is 44.7 Å². The van der Waals surface area contributed by atoms with E-state index in [0.29, 0.717) is 13.0 Å². The molecule has 0 aliphatic carbocycles. The van der Waals surface area contributed by atoms with Gasteiger partial charge >= 0.3 is 0 Å². The Bertz CT molecular complexity index is 616. The Morgan fingerprint density at radius 1 is 1.17 bits per heavy atom. The minimum atomic E-state index is -0.0459. The molecule has 130 valence electrons. The van der Waals surface area contributed by atoms with Gasteiger partial charge in [0.25, 0.3) is 0 Å². The molecule has 2 aliphatic heterocycles. The third-order valence-corrected chi connectivity index (χ3v) is 5.20. The van der Waals surface area contributed by atoms with Crippen LogP contribution in [0.15, 0.2) is 24.3 Å². The first-order valence-electron chi connectivity index (χ1n) is 8.94. The van der Waals surface area contributed by atoms with Gasteiger partial charge in [-0.1, -0.05) is 29.8 Å². The lowest BCUT2D eigenvalue weighted by molar-refractivity contribution is -0.141. The molecule has 0 aromatic heterocycles. The van der Waals surface area contributed by atoms with E-state index in [1.807, 2.05) is 41.8 Å². The van der Waals surface area contributed by atoms with Crippen LogP contribution in [0.3, 0.4) is 0 Å². The number of hydrogen-bond donors (Lipinski definition) is 0. The molecule has 3 rings (SSSR count). The van der Waals surface area contributed by atoms with E-state index < -0.39 is 0 Å². The number of likely N-dealkylation sites (N-methyl/N-ethyl adjacent to an activating group) is 1. The lowest BCUT2D eigenvalue weighted by atomic mass is 10.1. The summed E-state index contributed by atoms with van der Waals surface area (Å²) < 4.78 is 0. The van der Waals surface area contributed by atoms with Gasteiger partial charge in [-0.25, -0.2) is 0 Å². The molecule has 1 atom stereocenters. The van der Waals surface area contributed by atoms with Crippen LogP contribution < -0.4 is 0 Å². The number of hydrogen-bond acceptors (Lipinski definition) is 3. The molecule has 2 heterocycles. The fraction of sp³-hybridized carbons (Fsp3) is 0.579. The molecule has 24 heavy (non-hydrogen) atoms. The molecule has 0 spiro atoms. The maximum absolute atomic E-state index is 12.7. The average Bonchev–Trinajstić information content (AvgIpc) is 2.78. The summed E-state index contributed by atoms with van der Waals surface area (Å²) in [4.78, 5) is 31.3. The number of rotatable bonds is 3. The number of amides is 2. The second-order valence-corrected chi connectivity index (χ2v) is 6.80. The van der Waals surface area contributed by atoms with Gasteiger partial charge in [0.15, 0.2) is 0 Å². The highest BCUT2D eigenvalue weighted by Gasteiger charge is 2.36. The van der Waals surface area contributed by atoms with Crippen LogP contribution in [0.5, 0.6) is 0 Å². The minimum absolute atomic E-state index is 0.0459. The van der Waals surface area contributed by atoms with Gasteiger partial charge < -0.3 is 9.80 Å². The first-order chi connectivity index (χ1) is 11.6. The summed E-state index contributed by atoms with van der Waals surface area (Å²) in [6, 6.07) is 8.08. The van der Waals surface area contributed by atoms with Crippen molar-refractivity contribution in [2.24, 2.45) is 0 Å². The summed E-state index contributed by atoms with van der Waals surface area (Å²) in [6.07, 6.45) is 1.19. The first-order valence-corrected chi connectivity index (χ1v) is 8.94. The molecule has 0 saturated carbocycles. The number of fused-ring (bicyclic) bond motifs is 1. The molecule has 2 fully saturated rings. The zero-order valence-electron chi connectivity index (χ0n) is 14.7. The number of benzene rings is 1. The number of piperazine rings is 1. The van der Waals surface area contributed by atoms with Gasteiger partial charge in [0, 0.05) is 39.3 Å². The van der Waals surface area contributed by atoms with E-state index in [2.05, 4.69) is 11.0 Å². The third kappa shape index (κ3) is 3.61. The summed E-state index contributed by atoms with van der Waals surface area (Å²) in [5.74, 6) is 0.400. The Hall–Kier alpha value is -1.88. The Kier molecular flexibility index (Phi) is 5.19. The predicted octanol–water partition coefficient (Wildman–Crippen LogP) is 1.30. The lowest BCUT2D eigenvalue weighted by Gasteiger charge is -2.39. The van der Waals surface area contributed by atoms with Gasteiger partial charge in [0.2, 0.25) is 11.8 Å². The first kappa shape index (κ1) is 17.0. The molecule has 2 aliphatic rings. The largest absolute Gasteiger partial charge is 0.341 e. The maximum Gasteiger partial charge on any atom is 0.240 e. The molecule has 0 N–H and O–H groups in total. The lowest BCUT2D eigenvalue weighted by Crippen LogP contribution is -2.56. The van der Waals surface area contributed by atoms with Crippen molar-refractivity contribution in [3.63, 3.8) is 0 Å². The monoisotopic (exact) mass is 329 g/mol. The van der Waals surface area contributed by atoms with E-state index >= 15 is 0 Å². The van der Waals surface area contributed by atoms with E-state index in [1.54, 1.807) is 0 Å². The van der Waals surface area contributed by atoms with Crippen molar-refractivity contribution in [1.82, 2.24) is 14.7 Å². The summed E-state index contributed by atoms with van der Waals surface area (Å²) in [6.45, 7) is 8.78. The number of aryl methyl sites for hydroxylation is 1. The molecule has 5 heteroatoms. The van der Waals surface area contributed by atoms with E-state index in [1.165, 1.54) is 5.56 Å². The second kappa shape index (κ2) is 7.34. The number of carbonyl (C=O) groups excluding carboxylic acids is 2. The fourth-order valence-corrected chi connectivity index (χ4v) is 3.77. The van der Waals surface area contributed by atoms with Crippen LogP contribution in [0.25, 0.3) is 0 Å². The van der Waals surface area contributed by atoms with Crippen molar-refractivity contribution in [1.29, 1.82) is 0 Å². The number of carbonyl (C=O) groups is 2. The Morgan fingerprint density at radius 3 is 2.71 bits per heavy atom. The van der Waals surface area contributed by atoms with Crippen LogP contribution in [-0.4, -0.2) is 71.8 Å². The smallest absolute Gasteiger partial charge is 0.240 e. The van der Waals surface area contributed by atoms with Crippen LogP contribution >= 0.6 is 0 Å². The van der Waals surface area contributed by atoms with Gasteiger partial charge in [-0.15, -0.1) is 0 Å². The van der Waals surface area contributed by atoms with Crippen LogP contribution in [0.4, 0.5) is 0 Å². The van der Waals surface area contributed by atoms with Crippen molar-refractivity contribution in [3.05, 3.63) is 35.4 Å². The molecule has 0 bridgehead atoms. The highest BCUT2D eigenvalue weighted by molar-refractivity contribution is 5.83. The van der Waals surface area contributed by atoms with Crippen molar-refractivity contribution in [2.75, 3.05) is 39.3 Å². The molecule has 1 unspecified atom stereocenters. The molecule has 5 nitrogen and oxygen atoms in total.